The van der Waals surface area contributed by atoms with Crippen molar-refractivity contribution < 1.29 is 32.3 Å². The summed E-state index contributed by atoms with van der Waals surface area (Å²) in [5, 5.41) is 7.39. The van der Waals surface area contributed by atoms with Gasteiger partial charge in [-0.05, 0) is 25.0 Å². The van der Waals surface area contributed by atoms with E-state index in [0.29, 0.717) is 0 Å². The van der Waals surface area contributed by atoms with Gasteiger partial charge in [0.25, 0.3) is 11.8 Å². The number of carbonyl (C=O) groups excluding carboxylic acids is 3. The van der Waals surface area contributed by atoms with E-state index in [1.165, 1.54) is 19.2 Å². The number of amides is 3. The summed E-state index contributed by atoms with van der Waals surface area (Å²) in [4.78, 5) is 40.9. The summed E-state index contributed by atoms with van der Waals surface area (Å²) in [5.41, 5.74) is -1.56. The van der Waals surface area contributed by atoms with E-state index < -0.39 is 29.3 Å². The molecule has 31 heavy (non-hydrogen) atoms. The van der Waals surface area contributed by atoms with Gasteiger partial charge >= 0.3 is 6.18 Å². The predicted octanol–water partition coefficient (Wildman–Crippen LogP) is 3.07. The van der Waals surface area contributed by atoms with Crippen molar-refractivity contribution in [2.75, 3.05) is 24.8 Å². The third kappa shape index (κ3) is 4.93. The van der Waals surface area contributed by atoms with Gasteiger partial charge in [0.05, 0.1) is 29.5 Å². The molecule has 1 aliphatic rings. The summed E-state index contributed by atoms with van der Waals surface area (Å²) in [6.45, 7) is 0. The summed E-state index contributed by atoms with van der Waals surface area (Å²) in [5.74, 6) is -2.41. The summed E-state index contributed by atoms with van der Waals surface area (Å²) in [6.07, 6.45) is -2.05. The normalized spacial score (nSPS) is 13.3. The number of nitrogens with zero attached hydrogens (tertiary/aromatic N) is 1. The van der Waals surface area contributed by atoms with E-state index >= 15 is 0 Å². The standard InChI is InChI=1S/C20H19F3N4O4/c1-24-18(29)12-9-25-15(27-17(28)10-6-7-10)8-14(12)26-19(30)11-4-3-5-13(16(11)31-2)20(21,22)23/h3-5,8-10H,6-7H2,1-2H3,(H,24,29)(H2,25,26,27,28,30). The molecule has 1 aromatic heterocycles. The number of para-hydroxylation sites is 1. The Hall–Kier alpha value is -3.63. The third-order valence-corrected chi connectivity index (χ3v) is 4.59. The largest absolute Gasteiger partial charge is 0.495 e. The summed E-state index contributed by atoms with van der Waals surface area (Å²) < 4.78 is 44.6. The van der Waals surface area contributed by atoms with Crippen LogP contribution in [0.3, 0.4) is 0 Å². The van der Waals surface area contributed by atoms with Crippen molar-refractivity contribution in [3.63, 3.8) is 0 Å². The van der Waals surface area contributed by atoms with Crippen LogP contribution in [0, 0.1) is 5.92 Å². The maximum Gasteiger partial charge on any atom is 0.419 e. The number of aromatic nitrogens is 1. The maximum absolute atomic E-state index is 13.3. The first-order valence-corrected chi connectivity index (χ1v) is 9.24. The van der Waals surface area contributed by atoms with Crippen LogP contribution >= 0.6 is 0 Å². The van der Waals surface area contributed by atoms with Crippen LogP contribution in [0.4, 0.5) is 24.7 Å². The second kappa shape index (κ2) is 8.62. The maximum atomic E-state index is 13.3. The van der Waals surface area contributed by atoms with Crippen LogP contribution in [0.5, 0.6) is 5.75 Å². The number of halogens is 3. The van der Waals surface area contributed by atoms with Gasteiger partial charge in [-0.1, -0.05) is 6.07 Å². The second-order valence-electron chi connectivity index (χ2n) is 6.80. The third-order valence-electron chi connectivity index (χ3n) is 4.59. The molecule has 1 aliphatic carbocycles. The zero-order valence-electron chi connectivity index (χ0n) is 16.6. The van der Waals surface area contributed by atoms with E-state index in [1.807, 2.05) is 0 Å². The van der Waals surface area contributed by atoms with Crippen LogP contribution in [0.2, 0.25) is 0 Å². The molecule has 1 fully saturated rings. The summed E-state index contributed by atoms with van der Waals surface area (Å²) >= 11 is 0. The zero-order chi connectivity index (χ0) is 22.8. The van der Waals surface area contributed by atoms with Gasteiger partial charge in [-0.2, -0.15) is 13.2 Å². The van der Waals surface area contributed by atoms with E-state index in [0.717, 1.165) is 38.3 Å². The SMILES string of the molecule is CNC(=O)c1cnc(NC(=O)C2CC2)cc1NC(=O)c1cccc(C(F)(F)F)c1OC. The number of ether oxygens (including phenoxy) is 1. The lowest BCUT2D eigenvalue weighted by Gasteiger charge is -2.16. The Morgan fingerprint density at radius 1 is 1.10 bits per heavy atom. The van der Waals surface area contributed by atoms with E-state index in [9.17, 15) is 27.6 Å². The number of anilines is 2. The minimum absolute atomic E-state index is 0.0359. The second-order valence-corrected chi connectivity index (χ2v) is 6.80. The Labute approximate surface area is 175 Å². The molecule has 0 bridgehead atoms. The highest BCUT2D eigenvalue weighted by atomic mass is 19.4. The van der Waals surface area contributed by atoms with Crippen LogP contribution in [0.1, 0.15) is 39.1 Å². The molecule has 0 unspecified atom stereocenters. The summed E-state index contributed by atoms with van der Waals surface area (Å²) in [7, 11) is 2.39. The van der Waals surface area contributed by atoms with E-state index in [4.69, 9.17) is 4.74 Å². The highest BCUT2D eigenvalue weighted by Crippen LogP contribution is 2.38. The molecule has 1 aromatic carbocycles. The smallest absolute Gasteiger partial charge is 0.419 e. The molecule has 2 aromatic rings. The molecule has 1 saturated carbocycles. The van der Waals surface area contributed by atoms with Crippen molar-refractivity contribution in [1.82, 2.24) is 10.3 Å². The molecular weight excluding hydrogens is 417 g/mol. The zero-order valence-corrected chi connectivity index (χ0v) is 16.6. The molecule has 3 N–H and O–H groups in total. The van der Waals surface area contributed by atoms with Gasteiger partial charge in [0.15, 0.2) is 0 Å². The number of alkyl halides is 3. The molecule has 11 heteroatoms. The first kappa shape index (κ1) is 22.1. The van der Waals surface area contributed by atoms with Gasteiger partial charge < -0.3 is 20.7 Å². The van der Waals surface area contributed by atoms with Gasteiger partial charge in [-0.15, -0.1) is 0 Å². The monoisotopic (exact) mass is 436 g/mol. The fourth-order valence-corrected chi connectivity index (χ4v) is 2.87. The Kier molecular flexibility index (Phi) is 6.14. The van der Waals surface area contributed by atoms with Gasteiger partial charge in [-0.3, -0.25) is 14.4 Å². The van der Waals surface area contributed by atoms with E-state index in [2.05, 4.69) is 20.9 Å². The van der Waals surface area contributed by atoms with Gasteiger partial charge in [0.1, 0.15) is 11.6 Å². The Balaban J connectivity index is 1.95. The molecule has 0 saturated heterocycles. The van der Waals surface area contributed by atoms with Crippen molar-refractivity contribution in [3.05, 3.63) is 47.2 Å². The number of benzene rings is 1. The Bertz CT molecular complexity index is 1040. The molecule has 1 heterocycles. The number of nitrogens with one attached hydrogen (secondary N) is 3. The minimum Gasteiger partial charge on any atom is -0.495 e. The van der Waals surface area contributed by atoms with Crippen LogP contribution in [-0.4, -0.2) is 36.9 Å². The molecule has 0 spiro atoms. The van der Waals surface area contributed by atoms with Crippen LogP contribution in [0.15, 0.2) is 30.5 Å². The van der Waals surface area contributed by atoms with E-state index in [1.54, 1.807) is 0 Å². The number of hydrogen-bond donors (Lipinski definition) is 3. The van der Waals surface area contributed by atoms with Crippen LogP contribution < -0.4 is 20.7 Å². The van der Waals surface area contributed by atoms with Crippen molar-refractivity contribution in [2.24, 2.45) is 5.92 Å². The van der Waals surface area contributed by atoms with Crippen molar-refractivity contribution >= 4 is 29.2 Å². The number of hydrogen-bond acceptors (Lipinski definition) is 5. The fourth-order valence-electron chi connectivity index (χ4n) is 2.87. The predicted molar refractivity (Wildman–Crippen MR) is 105 cm³/mol. The van der Waals surface area contributed by atoms with Crippen molar-refractivity contribution in [2.45, 2.75) is 19.0 Å². The van der Waals surface area contributed by atoms with Gasteiger partial charge in [0.2, 0.25) is 5.91 Å². The highest BCUT2D eigenvalue weighted by Gasteiger charge is 2.36. The van der Waals surface area contributed by atoms with E-state index in [-0.39, 0.29) is 34.5 Å². The first-order valence-electron chi connectivity index (χ1n) is 9.24. The lowest BCUT2D eigenvalue weighted by atomic mass is 10.1. The topological polar surface area (TPSA) is 109 Å². The average molecular weight is 436 g/mol. The lowest BCUT2D eigenvalue weighted by Crippen LogP contribution is -2.23. The highest BCUT2D eigenvalue weighted by molar-refractivity contribution is 6.10. The molecule has 0 radical (unpaired) electrons. The van der Waals surface area contributed by atoms with Crippen LogP contribution in [-0.2, 0) is 11.0 Å². The van der Waals surface area contributed by atoms with Crippen molar-refractivity contribution in [1.29, 1.82) is 0 Å². The molecule has 0 aliphatic heterocycles. The van der Waals surface area contributed by atoms with Gasteiger partial charge in [0, 0.05) is 25.2 Å². The molecule has 3 rings (SSSR count). The number of methoxy groups -OCH3 is 1. The molecule has 0 atom stereocenters. The minimum atomic E-state index is -4.73. The Morgan fingerprint density at radius 2 is 1.81 bits per heavy atom. The fraction of sp³-hybridized carbons (Fsp3) is 0.300. The number of pyridine rings is 1. The number of carbonyl (C=O) groups is 3. The molecular formula is C20H19F3N4O4. The lowest BCUT2D eigenvalue weighted by molar-refractivity contribution is -0.138. The average Bonchev–Trinajstić information content (AvgIpc) is 3.57. The molecule has 3 amide bonds. The summed E-state index contributed by atoms with van der Waals surface area (Å²) in [6, 6.07) is 4.31. The molecule has 164 valence electrons. The number of rotatable bonds is 6. The molecule has 8 nitrogen and oxygen atoms in total. The quantitative estimate of drug-likeness (QED) is 0.645. The van der Waals surface area contributed by atoms with Crippen molar-refractivity contribution in [3.8, 4) is 5.75 Å². The van der Waals surface area contributed by atoms with Gasteiger partial charge in [-0.25, -0.2) is 4.98 Å². The van der Waals surface area contributed by atoms with Crippen LogP contribution in [0.25, 0.3) is 0 Å². The Morgan fingerprint density at radius 3 is 2.39 bits per heavy atom. The first-order chi connectivity index (χ1) is 14.7.